The summed E-state index contributed by atoms with van der Waals surface area (Å²) in [5, 5.41) is 13.0. The van der Waals surface area contributed by atoms with Crippen LogP contribution in [0.3, 0.4) is 0 Å². The first-order chi connectivity index (χ1) is 14.7. The van der Waals surface area contributed by atoms with E-state index >= 15 is 0 Å². The molecule has 162 valence electrons. The molecule has 0 spiro atoms. The van der Waals surface area contributed by atoms with Crippen molar-refractivity contribution >= 4 is 0 Å². The molecule has 0 amide bonds. The molecular formula is C24H31NO5. The first-order valence-electron chi connectivity index (χ1n) is 11.3. The highest BCUT2D eigenvalue weighted by molar-refractivity contribution is 5.31. The Balaban J connectivity index is 1.49. The Bertz CT molecular complexity index is 871. The Morgan fingerprint density at radius 1 is 1.20 bits per heavy atom. The second-order valence-corrected chi connectivity index (χ2v) is 8.90. The predicted octanol–water partition coefficient (Wildman–Crippen LogP) is 5.62. The summed E-state index contributed by atoms with van der Waals surface area (Å²) in [7, 11) is 0. The van der Waals surface area contributed by atoms with Gasteiger partial charge in [-0.3, -0.25) is 4.79 Å². The third-order valence-electron chi connectivity index (χ3n) is 6.75. The maximum Gasteiger partial charge on any atom is 0.194 e. The van der Waals surface area contributed by atoms with Gasteiger partial charge < -0.3 is 14.3 Å². The van der Waals surface area contributed by atoms with Crippen LogP contribution in [0.25, 0.3) is 0 Å². The lowest BCUT2D eigenvalue weighted by Gasteiger charge is -2.28. The maximum absolute atomic E-state index is 13.2. The normalized spacial score (nSPS) is 29.4. The van der Waals surface area contributed by atoms with Crippen LogP contribution in [0.4, 0.5) is 0 Å². The zero-order valence-electron chi connectivity index (χ0n) is 17.4. The number of allylic oxidation sites excluding steroid dienone is 4. The summed E-state index contributed by atoms with van der Waals surface area (Å²) in [6, 6.07) is -0.723. The summed E-state index contributed by atoms with van der Waals surface area (Å²) in [5.41, 5.74) is 0.892. The molecule has 4 atom stereocenters. The quantitative estimate of drug-likeness (QED) is 0.499. The van der Waals surface area contributed by atoms with Gasteiger partial charge in [0.15, 0.2) is 5.43 Å². The van der Waals surface area contributed by atoms with Gasteiger partial charge >= 0.3 is 0 Å². The van der Waals surface area contributed by atoms with Gasteiger partial charge in [-0.25, -0.2) is 0 Å². The van der Waals surface area contributed by atoms with Crippen molar-refractivity contribution in [3.8, 4) is 0 Å². The average molecular weight is 414 g/mol. The van der Waals surface area contributed by atoms with Gasteiger partial charge in [0.25, 0.3) is 0 Å². The van der Waals surface area contributed by atoms with Crippen LogP contribution >= 0.6 is 0 Å². The Hall–Kier alpha value is -2.21. The summed E-state index contributed by atoms with van der Waals surface area (Å²) in [6.45, 7) is 0.663. The van der Waals surface area contributed by atoms with Gasteiger partial charge in [0.05, 0.1) is 30.3 Å². The number of rotatable bonds is 5. The minimum atomic E-state index is -0.723. The van der Waals surface area contributed by atoms with E-state index in [2.05, 4.69) is 17.3 Å². The fourth-order valence-corrected chi connectivity index (χ4v) is 4.97. The van der Waals surface area contributed by atoms with Crippen molar-refractivity contribution < 1.29 is 14.3 Å². The topological polar surface area (TPSA) is 89.1 Å². The van der Waals surface area contributed by atoms with E-state index in [1.54, 1.807) is 12.3 Å². The Morgan fingerprint density at radius 3 is 2.97 bits per heavy atom. The second kappa shape index (κ2) is 9.73. The van der Waals surface area contributed by atoms with Gasteiger partial charge in [-0.15, -0.1) is 0 Å². The third kappa shape index (κ3) is 4.75. The molecule has 1 N–H and O–H groups in total. The Morgan fingerprint density at radius 2 is 2.10 bits per heavy atom. The Kier molecular flexibility index (Phi) is 6.82. The molecule has 6 nitrogen and oxygen atoms in total. The molecule has 0 fully saturated rings. The second-order valence-electron chi connectivity index (χ2n) is 8.90. The lowest BCUT2D eigenvalue weighted by molar-refractivity contribution is 0.0110. The summed E-state index contributed by atoms with van der Waals surface area (Å²) >= 11 is 0. The number of hydrogen-bond donors (Lipinski definition) is 1. The first kappa shape index (κ1) is 21.0. The Labute approximate surface area is 177 Å². The van der Waals surface area contributed by atoms with Crippen molar-refractivity contribution in [2.24, 2.45) is 11.1 Å². The molecule has 0 saturated carbocycles. The minimum Gasteiger partial charge on any atom is -0.513 e. The number of nitroso groups, excluding NO2 is 1. The molecule has 0 radical (unpaired) electrons. The summed E-state index contributed by atoms with van der Waals surface area (Å²) in [4.78, 5) is 24.9. The van der Waals surface area contributed by atoms with Crippen molar-refractivity contribution in [2.45, 2.75) is 82.3 Å². The molecule has 1 heterocycles. The number of fused-ring (bicyclic) bond motifs is 1. The van der Waals surface area contributed by atoms with Gasteiger partial charge in [-0.1, -0.05) is 17.3 Å². The van der Waals surface area contributed by atoms with Crippen molar-refractivity contribution in [3.05, 3.63) is 62.3 Å². The molecule has 0 aliphatic heterocycles. The summed E-state index contributed by atoms with van der Waals surface area (Å²) < 4.78 is 12.0. The highest BCUT2D eigenvalue weighted by Gasteiger charge is 2.34. The molecule has 1 aromatic rings. The lowest BCUT2D eigenvalue weighted by Crippen LogP contribution is -2.32. The first-order valence-corrected chi connectivity index (χ1v) is 11.3. The number of ether oxygens (including phenoxy) is 1. The molecule has 4 rings (SSSR count). The van der Waals surface area contributed by atoms with Gasteiger partial charge in [-0.2, -0.15) is 4.91 Å². The number of aliphatic hydroxyl groups is 1. The van der Waals surface area contributed by atoms with E-state index < -0.39 is 6.04 Å². The van der Waals surface area contributed by atoms with Crippen molar-refractivity contribution in [1.82, 2.24) is 0 Å². The van der Waals surface area contributed by atoms with Crippen LogP contribution in [0.2, 0.25) is 0 Å². The van der Waals surface area contributed by atoms with E-state index in [-0.39, 0.29) is 17.5 Å². The van der Waals surface area contributed by atoms with Crippen molar-refractivity contribution in [3.63, 3.8) is 0 Å². The number of aliphatic hydroxyl groups excluding tert-OH is 1. The van der Waals surface area contributed by atoms with Crippen LogP contribution in [-0.2, 0) is 11.2 Å². The van der Waals surface area contributed by atoms with Crippen LogP contribution in [0.5, 0.6) is 0 Å². The average Bonchev–Trinajstić information content (AvgIpc) is 3.14. The lowest BCUT2D eigenvalue weighted by atomic mass is 9.86. The van der Waals surface area contributed by atoms with Gasteiger partial charge in [0.1, 0.15) is 11.8 Å². The molecule has 6 heteroatoms. The van der Waals surface area contributed by atoms with Gasteiger partial charge in [0.2, 0.25) is 0 Å². The number of hydrogen-bond acceptors (Lipinski definition) is 6. The molecule has 4 unspecified atom stereocenters. The molecule has 0 saturated heterocycles. The van der Waals surface area contributed by atoms with Gasteiger partial charge in [0, 0.05) is 24.8 Å². The van der Waals surface area contributed by atoms with Crippen LogP contribution in [0.1, 0.15) is 86.6 Å². The van der Waals surface area contributed by atoms with E-state index in [9.17, 15) is 14.8 Å². The molecule has 0 aromatic carbocycles. The highest BCUT2D eigenvalue weighted by Crippen LogP contribution is 2.35. The van der Waals surface area contributed by atoms with E-state index in [1.165, 1.54) is 6.42 Å². The number of nitrogens with zero attached hydrogens (tertiary/aromatic N) is 1. The molecule has 1 aromatic heterocycles. The molecular weight excluding hydrogens is 382 g/mol. The van der Waals surface area contributed by atoms with Crippen LogP contribution in [0, 0.1) is 10.8 Å². The van der Waals surface area contributed by atoms with E-state index in [0.717, 1.165) is 32.1 Å². The monoisotopic (exact) mass is 413 g/mol. The molecule has 0 bridgehead atoms. The van der Waals surface area contributed by atoms with E-state index in [4.69, 9.17) is 9.15 Å². The standard InChI is InChI=1S/C24H31NO5/c26-18-9-5-8-17(10-11-18)20-15-30-22-13-19(12-21(25-28)23(22)24(20)27)29-14-16-6-3-1-2-4-7-16/h1,3,11,15-17,19,21,26H,2,4-10,12-14H2. The smallest absolute Gasteiger partial charge is 0.194 e. The highest BCUT2D eigenvalue weighted by atomic mass is 16.5. The molecule has 30 heavy (non-hydrogen) atoms. The SMILES string of the molecule is O=NC1CC(OCC2CC=CCCC2)Cc2occ(C3CC=C(O)CCC3)c(=O)c21. The van der Waals surface area contributed by atoms with Crippen LogP contribution in [0.15, 0.2) is 44.6 Å². The minimum absolute atomic E-state index is 0.000710. The summed E-state index contributed by atoms with van der Waals surface area (Å²) in [6.07, 6.45) is 16.0. The maximum atomic E-state index is 13.2. The fraction of sp³-hybridized carbons (Fsp3) is 0.625. The van der Waals surface area contributed by atoms with E-state index in [1.807, 2.05) is 0 Å². The largest absolute Gasteiger partial charge is 0.513 e. The predicted molar refractivity (Wildman–Crippen MR) is 115 cm³/mol. The fourth-order valence-electron chi connectivity index (χ4n) is 4.97. The zero-order valence-corrected chi connectivity index (χ0v) is 17.4. The summed E-state index contributed by atoms with van der Waals surface area (Å²) in [5.74, 6) is 1.43. The molecule has 3 aliphatic rings. The van der Waals surface area contributed by atoms with Crippen LogP contribution < -0.4 is 5.43 Å². The van der Waals surface area contributed by atoms with Crippen LogP contribution in [-0.4, -0.2) is 17.8 Å². The zero-order chi connectivity index (χ0) is 20.9. The van der Waals surface area contributed by atoms with E-state index in [0.29, 0.717) is 60.9 Å². The van der Waals surface area contributed by atoms with Crippen molar-refractivity contribution in [1.29, 1.82) is 0 Å². The molecule has 3 aliphatic carbocycles. The van der Waals surface area contributed by atoms with Crippen molar-refractivity contribution in [2.75, 3.05) is 6.61 Å². The third-order valence-corrected chi connectivity index (χ3v) is 6.75. The van der Waals surface area contributed by atoms with Gasteiger partial charge in [-0.05, 0) is 62.9 Å².